The highest BCUT2D eigenvalue weighted by atomic mass is 19.1. The van der Waals surface area contributed by atoms with E-state index in [1.807, 2.05) is 6.92 Å². The molecule has 150 valence electrons. The van der Waals surface area contributed by atoms with Gasteiger partial charge in [-0.25, -0.2) is 18.4 Å². The third-order valence-corrected chi connectivity index (χ3v) is 4.57. The number of nitrogens with two attached hydrogens (primary N) is 1. The van der Waals surface area contributed by atoms with Gasteiger partial charge >= 0.3 is 0 Å². The van der Waals surface area contributed by atoms with Crippen LogP contribution in [0.4, 0.5) is 20.4 Å². The van der Waals surface area contributed by atoms with Crippen molar-refractivity contribution in [2.75, 3.05) is 5.32 Å². The Hall–Kier alpha value is -4.07. The van der Waals surface area contributed by atoms with Gasteiger partial charge in [-0.15, -0.1) is 0 Å². The van der Waals surface area contributed by atoms with Gasteiger partial charge in [-0.3, -0.25) is 4.79 Å². The van der Waals surface area contributed by atoms with Crippen LogP contribution in [-0.2, 0) is 0 Å². The molecule has 0 aliphatic rings. The molecule has 3 N–H and O–H groups in total. The molecule has 2 aromatic heterocycles. The van der Waals surface area contributed by atoms with Gasteiger partial charge in [0.1, 0.15) is 23.3 Å². The van der Waals surface area contributed by atoms with E-state index in [-0.39, 0.29) is 17.2 Å². The van der Waals surface area contributed by atoms with Crippen molar-refractivity contribution in [3.05, 3.63) is 89.6 Å². The number of anilines is 2. The van der Waals surface area contributed by atoms with E-state index in [1.54, 1.807) is 36.4 Å². The van der Waals surface area contributed by atoms with Gasteiger partial charge in [0.05, 0.1) is 16.9 Å². The zero-order valence-corrected chi connectivity index (χ0v) is 15.9. The maximum absolute atomic E-state index is 14.0. The number of aryl methyl sites for hydroxylation is 1. The summed E-state index contributed by atoms with van der Waals surface area (Å²) in [5, 5.41) is 7.64. The molecule has 0 fully saturated rings. The van der Waals surface area contributed by atoms with Gasteiger partial charge in [-0.1, -0.05) is 6.07 Å². The van der Waals surface area contributed by atoms with Crippen LogP contribution >= 0.6 is 0 Å². The number of primary amides is 1. The summed E-state index contributed by atoms with van der Waals surface area (Å²) in [4.78, 5) is 15.9. The second-order valence-corrected chi connectivity index (χ2v) is 6.65. The Balaban J connectivity index is 1.87. The molecule has 4 aromatic rings. The van der Waals surface area contributed by atoms with Crippen molar-refractivity contribution in [3.63, 3.8) is 0 Å². The van der Waals surface area contributed by atoms with Crippen LogP contribution in [0.25, 0.3) is 16.9 Å². The lowest BCUT2D eigenvalue weighted by Gasteiger charge is -2.13. The first-order chi connectivity index (χ1) is 14.4. The van der Waals surface area contributed by atoms with E-state index < -0.39 is 11.7 Å². The molecular weight excluding hydrogens is 388 g/mol. The summed E-state index contributed by atoms with van der Waals surface area (Å²) >= 11 is 0. The van der Waals surface area contributed by atoms with E-state index in [0.717, 1.165) is 5.56 Å². The summed E-state index contributed by atoms with van der Waals surface area (Å²) in [5.41, 5.74) is 8.12. The van der Waals surface area contributed by atoms with Gasteiger partial charge < -0.3 is 11.1 Å². The first-order valence-electron chi connectivity index (χ1n) is 9.07. The average Bonchev–Trinajstić information content (AvgIpc) is 3.14. The van der Waals surface area contributed by atoms with Gasteiger partial charge in [-0.2, -0.15) is 5.10 Å². The van der Waals surface area contributed by atoms with E-state index in [4.69, 9.17) is 5.73 Å². The minimum Gasteiger partial charge on any atom is -0.365 e. The number of hydrogen-bond donors (Lipinski definition) is 2. The van der Waals surface area contributed by atoms with E-state index in [0.29, 0.717) is 22.8 Å². The van der Waals surface area contributed by atoms with Crippen LogP contribution in [-0.4, -0.2) is 20.7 Å². The summed E-state index contributed by atoms with van der Waals surface area (Å²) in [6.45, 7) is 1.83. The van der Waals surface area contributed by atoms with Gasteiger partial charge in [0, 0.05) is 17.8 Å². The zero-order chi connectivity index (χ0) is 21.3. The molecule has 0 aliphatic carbocycles. The number of pyridine rings is 1. The highest BCUT2D eigenvalue weighted by molar-refractivity contribution is 5.98. The fraction of sp³-hybridized carbons (Fsp3) is 0.0455. The SMILES string of the molecule is Cc1ccc(F)cc1-n1nc(-c2ccc(F)cc2)cc1Nc1ncccc1C(N)=O. The molecule has 0 unspecified atom stereocenters. The lowest BCUT2D eigenvalue weighted by atomic mass is 10.1. The highest BCUT2D eigenvalue weighted by Gasteiger charge is 2.17. The minimum absolute atomic E-state index is 0.199. The van der Waals surface area contributed by atoms with Gasteiger partial charge in [0.2, 0.25) is 0 Å². The fourth-order valence-electron chi connectivity index (χ4n) is 3.05. The quantitative estimate of drug-likeness (QED) is 0.517. The van der Waals surface area contributed by atoms with Crippen LogP contribution in [0.1, 0.15) is 15.9 Å². The third kappa shape index (κ3) is 3.75. The molecule has 0 aliphatic heterocycles. The maximum atomic E-state index is 14.0. The number of aromatic nitrogens is 3. The van der Waals surface area contributed by atoms with E-state index >= 15 is 0 Å². The number of hydrogen-bond acceptors (Lipinski definition) is 4. The summed E-state index contributed by atoms with van der Waals surface area (Å²) in [7, 11) is 0. The third-order valence-electron chi connectivity index (χ3n) is 4.57. The molecule has 30 heavy (non-hydrogen) atoms. The Morgan fingerprint density at radius 3 is 2.50 bits per heavy atom. The Kier molecular flexibility index (Phi) is 4.97. The molecule has 0 radical (unpaired) electrons. The molecule has 1 amide bonds. The first kappa shape index (κ1) is 19.3. The van der Waals surface area contributed by atoms with Crippen LogP contribution in [0.2, 0.25) is 0 Å². The van der Waals surface area contributed by atoms with Crippen molar-refractivity contribution < 1.29 is 13.6 Å². The Morgan fingerprint density at radius 2 is 1.77 bits per heavy atom. The van der Waals surface area contributed by atoms with E-state index in [2.05, 4.69) is 15.4 Å². The first-order valence-corrected chi connectivity index (χ1v) is 9.07. The molecule has 2 heterocycles. The van der Waals surface area contributed by atoms with E-state index in [9.17, 15) is 13.6 Å². The smallest absolute Gasteiger partial charge is 0.252 e. The van der Waals surface area contributed by atoms with Crippen LogP contribution in [0.5, 0.6) is 0 Å². The molecule has 0 saturated carbocycles. The standard InChI is InChI=1S/C22H17F2N5O/c1-13-4-7-16(24)11-19(13)29-20(27-22-17(21(25)30)3-2-10-26-22)12-18(28-29)14-5-8-15(23)9-6-14/h2-12H,1H3,(H2,25,30)(H,26,27). The molecule has 6 nitrogen and oxygen atoms in total. The second kappa shape index (κ2) is 7.75. The maximum Gasteiger partial charge on any atom is 0.252 e. The van der Waals surface area contributed by atoms with Crippen LogP contribution in [0, 0.1) is 18.6 Å². The van der Waals surface area contributed by atoms with Crippen molar-refractivity contribution in [3.8, 4) is 16.9 Å². The largest absolute Gasteiger partial charge is 0.365 e. The molecule has 4 rings (SSSR count). The van der Waals surface area contributed by atoms with Crippen LogP contribution < -0.4 is 11.1 Å². The summed E-state index contributed by atoms with van der Waals surface area (Å²) in [6.07, 6.45) is 1.52. The zero-order valence-electron chi connectivity index (χ0n) is 15.9. The number of rotatable bonds is 5. The number of amides is 1. The number of carbonyl (C=O) groups excluding carboxylic acids is 1. The van der Waals surface area contributed by atoms with Crippen molar-refractivity contribution in [1.29, 1.82) is 0 Å². The van der Waals surface area contributed by atoms with Crippen LogP contribution in [0.3, 0.4) is 0 Å². The molecule has 0 bridgehead atoms. The summed E-state index contributed by atoms with van der Waals surface area (Å²) < 4.78 is 28.8. The molecule has 0 saturated heterocycles. The highest BCUT2D eigenvalue weighted by Crippen LogP contribution is 2.29. The van der Waals surface area contributed by atoms with Crippen LogP contribution in [0.15, 0.2) is 66.9 Å². The number of nitrogens with zero attached hydrogens (tertiary/aromatic N) is 3. The lowest BCUT2D eigenvalue weighted by molar-refractivity contribution is 0.100. The number of nitrogens with one attached hydrogen (secondary N) is 1. The van der Waals surface area contributed by atoms with Gasteiger partial charge in [0.15, 0.2) is 0 Å². The van der Waals surface area contributed by atoms with Crippen molar-refractivity contribution in [2.24, 2.45) is 5.73 Å². The Bertz CT molecular complexity index is 1230. The minimum atomic E-state index is -0.641. The number of carbonyl (C=O) groups is 1. The van der Waals surface area contributed by atoms with Crippen molar-refractivity contribution in [1.82, 2.24) is 14.8 Å². The molecule has 2 aromatic carbocycles. The van der Waals surface area contributed by atoms with Gasteiger partial charge in [0.25, 0.3) is 5.91 Å². The summed E-state index contributed by atoms with van der Waals surface area (Å²) in [5.74, 6) is -0.749. The fourth-order valence-corrected chi connectivity index (χ4v) is 3.05. The molecule has 8 heteroatoms. The molecular formula is C22H17F2N5O. The topological polar surface area (TPSA) is 85.8 Å². The number of benzene rings is 2. The molecule has 0 atom stereocenters. The predicted molar refractivity (Wildman–Crippen MR) is 110 cm³/mol. The van der Waals surface area contributed by atoms with Crippen molar-refractivity contribution >= 4 is 17.5 Å². The second-order valence-electron chi connectivity index (χ2n) is 6.65. The summed E-state index contributed by atoms with van der Waals surface area (Å²) in [6, 6.07) is 15.1. The number of halogens is 2. The predicted octanol–water partition coefficient (Wildman–Crippen LogP) is 4.36. The monoisotopic (exact) mass is 405 g/mol. The van der Waals surface area contributed by atoms with Gasteiger partial charge in [-0.05, 0) is 61.0 Å². The molecule has 0 spiro atoms. The van der Waals surface area contributed by atoms with Crippen molar-refractivity contribution in [2.45, 2.75) is 6.92 Å². The Labute approximate surface area is 171 Å². The van der Waals surface area contributed by atoms with E-state index in [1.165, 1.54) is 35.1 Å². The Morgan fingerprint density at radius 1 is 1.03 bits per heavy atom. The lowest BCUT2D eigenvalue weighted by Crippen LogP contribution is -2.15. The average molecular weight is 405 g/mol. The normalized spacial score (nSPS) is 10.8.